The second kappa shape index (κ2) is 8.00. The molecule has 0 bridgehead atoms. The molecular weight excluding hydrogens is 444 g/mol. The number of carbonyl (C=O) groups excluding carboxylic acids is 2. The van der Waals surface area contributed by atoms with Crippen molar-refractivity contribution >= 4 is 34.9 Å². The van der Waals surface area contributed by atoms with Gasteiger partial charge in [-0.25, -0.2) is 9.50 Å². The predicted octanol–water partition coefficient (Wildman–Crippen LogP) is 2.50. The largest absolute Gasteiger partial charge is 0.394 e. The minimum atomic E-state index is -0.462. The number of anilines is 1. The van der Waals surface area contributed by atoms with Crippen LogP contribution in [-0.4, -0.2) is 55.1 Å². The molecule has 4 N–H and O–H groups in total. The Morgan fingerprint density at radius 3 is 2.82 bits per heavy atom. The number of rotatable bonds is 6. The zero-order valence-corrected chi connectivity index (χ0v) is 19.1. The van der Waals surface area contributed by atoms with Gasteiger partial charge < -0.3 is 21.1 Å². The first-order chi connectivity index (χ1) is 15.8. The number of nitrogens with one attached hydrogen (secondary N) is 1. The Morgan fingerprint density at radius 1 is 1.36 bits per heavy atom. The molecule has 10 heteroatoms. The highest BCUT2D eigenvalue weighted by molar-refractivity contribution is 6.34. The number of amides is 2. The van der Waals surface area contributed by atoms with E-state index in [0.29, 0.717) is 34.4 Å². The normalized spacial score (nSPS) is 17.3. The minimum Gasteiger partial charge on any atom is -0.394 e. The number of nitrogen functional groups attached to an aromatic ring is 1. The van der Waals surface area contributed by atoms with Crippen molar-refractivity contribution in [1.29, 1.82) is 0 Å². The van der Waals surface area contributed by atoms with Gasteiger partial charge in [-0.3, -0.25) is 9.59 Å². The molecule has 2 atom stereocenters. The van der Waals surface area contributed by atoms with Crippen LogP contribution < -0.4 is 11.1 Å². The molecule has 0 radical (unpaired) electrons. The van der Waals surface area contributed by atoms with E-state index < -0.39 is 11.9 Å². The molecule has 1 aliphatic carbocycles. The predicted molar refractivity (Wildman–Crippen MR) is 124 cm³/mol. The van der Waals surface area contributed by atoms with Gasteiger partial charge >= 0.3 is 0 Å². The first kappa shape index (κ1) is 21.7. The van der Waals surface area contributed by atoms with E-state index >= 15 is 0 Å². The van der Waals surface area contributed by atoms with E-state index in [0.717, 1.165) is 24.0 Å². The molecule has 0 spiro atoms. The number of hydrogen-bond donors (Lipinski definition) is 3. The summed E-state index contributed by atoms with van der Waals surface area (Å²) >= 11 is 6.56. The molecular formula is C23H25ClN6O3. The summed E-state index contributed by atoms with van der Waals surface area (Å²) in [6.07, 6.45) is 3.99. The number of carbonyl (C=O) groups is 2. The highest BCUT2D eigenvalue weighted by Gasteiger charge is 2.39. The minimum absolute atomic E-state index is 0.0233. The lowest BCUT2D eigenvalue weighted by molar-refractivity contribution is 0.0697. The second-order valence-electron chi connectivity index (χ2n) is 8.90. The van der Waals surface area contributed by atoms with Gasteiger partial charge in [0.25, 0.3) is 11.8 Å². The fourth-order valence-electron chi connectivity index (χ4n) is 4.40. The zero-order chi connectivity index (χ0) is 23.4. The number of nitrogens with zero attached hydrogens (tertiary/aromatic N) is 4. The molecule has 2 amide bonds. The van der Waals surface area contributed by atoms with E-state index in [4.69, 9.17) is 17.3 Å². The fourth-order valence-corrected chi connectivity index (χ4v) is 4.72. The fraction of sp³-hybridized carbons (Fsp3) is 0.391. The molecule has 3 aromatic rings. The van der Waals surface area contributed by atoms with Crippen molar-refractivity contribution in [2.45, 2.75) is 45.3 Å². The van der Waals surface area contributed by atoms with Gasteiger partial charge in [-0.15, -0.1) is 5.10 Å². The van der Waals surface area contributed by atoms with Crippen molar-refractivity contribution in [1.82, 2.24) is 24.8 Å². The SMILES string of the molecule is CC(CO)NC(=O)c1c(N)nn2ccc(-c3cc(Cl)c4c(c3)CN(C(C)C3CC3)C4=O)nc12. The van der Waals surface area contributed by atoms with Crippen LogP contribution in [0, 0.1) is 5.92 Å². The van der Waals surface area contributed by atoms with Crippen LogP contribution in [0.2, 0.25) is 5.02 Å². The van der Waals surface area contributed by atoms with Gasteiger partial charge in [0.05, 0.1) is 22.9 Å². The topological polar surface area (TPSA) is 126 Å². The van der Waals surface area contributed by atoms with Crippen LogP contribution in [0.5, 0.6) is 0 Å². The van der Waals surface area contributed by atoms with Gasteiger partial charge in [-0.05, 0) is 56.4 Å². The molecule has 2 unspecified atom stereocenters. The summed E-state index contributed by atoms with van der Waals surface area (Å²) in [6, 6.07) is 5.18. The Morgan fingerprint density at radius 2 is 2.12 bits per heavy atom. The van der Waals surface area contributed by atoms with Crippen molar-refractivity contribution in [3.8, 4) is 11.3 Å². The maximum absolute atomic E-state index is 13.0. The second-order valence-corrected chi connectivity index (χ2v) is 9.31. The molecule has 5 rings (SSSR count). The van der Waals surface area contributed by atoms with Crippen molar-refractivity contribution in [3.05, 3.63) is 46.1 Å². The number of aromatic nitrogens is 3. The van der Waals surface area contributed by atoms with Crippen LogP contribution in [0.25, 0.3) is 16.9 Å². The van der Waals surface area contributed by atoms with E-state index in [-0.39, 0.29) is 29.9 Å². The number of fused-ring (bicyclic) bond motifs is 2. The van der Waals surface area contributed by atoms with Gasteiger partial charge in [-0.2, -0.15) is 0 Å². The van der Waals surface area contributed by atoms with Gasteiger partial charge in [0, 0.05) is 30.4 Å². The highest BCUT2D eigenvalue weighted by atomic mass is 35.5. The number of aliphatic hydroxyl groups excluding tert-OH is 1. The summed E-state index contributed by atoms with van der Waals surface area (Å²) in [7, 11) is 0. The van der Waals surface area contributed by atoms with E-state index in [1.54, 1.807) is 25.3 Å². The van der Waals surface area contributed by atoms with E-state index in [1.165, 1.54) is 4.52 Å². The Balaban J connectivity index is 1.52. The van der Waals surface area contributed by atoms with Crippen molar-refractivity contribution in [3.63, 3.8) is 0 Å². The molecule has 1 fully saturated rings. The monoisotopic (exact) mass is 468 g/mol. The van der Waals surface area contributed by atoms with Gasteiger partial charge in [0.2, 0.25) is 0 Å². The third-order valence-electron chi connectivity index (χ3n) is 6.47. The maximum Gasteiger partial charge on any atom is 0.259 e. The van der Waals surface area contributed by atoms with Crippen LogP contribution in [0.4, 0.5) is 5.82 Å². The Bertz CT molecular complexity index is 1280. The summed E-state index contributed by atoms with van der Waals surface area (Å²) in [5.74, 6) is 0.126. The lowest BCUT2D eigenvalue weighted by atomic mass is 10.0. The van der Waals surface area contributed by atoms with Crippen molar-refractivity contribution < 1.29 is 14.7 Å². The van der Waals surface area contributed by atoms with Crippen LogP contribution in [0.15, 0.2) is 24.4 Å². The summed E-state index contributed by atoms with van der Waals surface area (Å²) in [4.78, 5) is 32.2. The maximum atomic E-state index is 13.0. The number of nitrogens with two attached hydrogens (primary N) is 1. The first-order valence-electron chi connectivity index (χ1n) is 11.0. The molecule has 2 aromatic heterocycles. The number of aliphatic hydroxyl groups is 1. The molecule has 0 saturated heterocycles. The third kappa shape index (κ3) is 3.71. The number of benzene rings is 1. The zero-order valence-electron chi connectivity index (χ0n) is 18.4. The van der Waals surface area contributed by atoms with E-state index in [1.807, 2.05) is 11.0 Å². The van der Waals surface area contributed by atoms with Crippen LogP contribution in [0.1, 0.15) is 53.0 Å². The molecule has 1 aromatic carbocycles. The average molecular weight is 469 g/mol. The Kier molecular flexibility index (Phi) is 5.25. The number of halogens is 1. The standard InChI is InChI=1S/C23H25ClN6O3/c1-11(10-31)26-22(32)19-20(25)28-30-6-5-17(27-21(19)30)14-7-15-9-29(12(2)13-3-4-13)23(33)18(15)16(24)8-14/h5-8,11-13,31H,3-4,9-10H2,1-2H3,(H2,25,28)(H,26,32). The highest BCUT2D eigenvalue weighted by Crippen LogP contribution is 2.40. The summed E-state index contributed by atoms with van der Waals surface area (Å²) in [6.45, 7) is 4.10. The summed E-state index contributed by atoms with van der Waals surface area (Å²) in [5, 5.41) is 16.5. The van der Waals surface area contributed by atoms with Crippen LogP contribution in [-0.2, 0) is 6.54 Å². The Hall–Kier alpha value is -3.17. The molecule has 172 valence electrons. The molecule has 33 heavy (non-hydrogen) atoms. The molecule has 1 saturated carbocycles. The third-order valence-corrected chi connectivity index (χ3v) is 6.77. The molecule has 1 aliphatic heterocycles. The average Bonchev–Trinajstić information content (AvgIpc) is 3.50. The van der Waals surface area contributed by atoms with Crippen molar-refractivity contribution in [2.75, 3.05) is 12.3 Å². The van der Waals surface area contributed by atoms with Crippen LogP contribution >= 0.6 is 11.6 Å². The van der Waals surface area contributed by atoms with Gasteiger partial charge in [0.15, 0.2) is 11.5 Å². The van der Waals surface area contributed by atoms with E-state index in [9.17, 15) is 14.7 Å². The molecule has 9 nitrogen and oxygen atoms in total. The number of hydrogen-bond acceptors (Lipinski definition) is 6. The lowest BCUT2D eigenvalue weighted by Crippen LogP contribution is -2.35. The first-order valence-corrected chi connectivity index (χ1v) is 11.4. The molecule has 2 aliphatic rings. The van der Waals surface area contributed by atoms with E-state index in [2.05, 4.69) is 22.3 Å². The summed E-state index contributed by atoms with van der Waals surface area (Å²) in [5.41, 5.74) is 9.18. The van der Waals surface area contributed by atoms with Crippen molar-refractivity contribution in [2.24, 2.45) is 5.92 Å². The summed E-state index contributed by atoms with van der Waals surface area (Å²) < 4.78 is 1.44. The Labute approximate surface area is 195 Å². The quantitative estimate of drug-likeness (QED) is 0.510. The smallest absolute Gasteiger partial charge is 0.259 e. The van der Waals surface area contributed by atoms with Gasteiger partial charge in [-0.1, -0.05) is 11.6 Å². The molecule has 3 heterocycles. The van der Waals surface area contributed by atoms with Crippen LogP contribution in [0.3, 0.4) is 0 Å². The van der Waals surface area contributed by atoms with Gasteiger partial charge in [0.1, 0.15) is 5.56 Å². The lowest BCUT2D eigenvalue weighted by Gasteiger charge is -2.23.